The summed E-state index contributed by atoms with van der Waals surface area (Å²) < 4.78 is 44.7. The van der Waals surface area contributed by atoms with Crippen molar-refractivity contribution in [1.29, 1.82) is 0 Å². The number of ether oxygens (including phenoxy) is 1. The number of rotatable bonds is 2. The van der Waals surface area contributed by atoms with Gasteiger partial charge in [0.15, 0.2) is 0 Å². The SMILES string of the molecule is NCC1CN(c2ncc(Br)cc2C(F)(F)F)CCO1. The molecule has 19 heavy (non-hydrogen) atoms. The van der Waals surface area contributed by atoms with Crippen LogP contribution in [-0.2, 0) is 10.9 Å². The molecule has 1 aliphatic rings. The molecule has 2 rings (SSSR count). The molecule has 0 radical (unpaired) electrons. The van der Waals surface area contributed by atoms with Crippen LogP contribution in [-0.4, -0.2) is 37.3 Å². The van der Waals surface area contributed by atoms with Gasteiger partial charge in [0.05, 0.1) is 18.3 Å². The highest BCUT2D eigenvalue weighted by atomic mass is 79.9. The fourth-order valence-corrected chi connectivity index (χ4v) is 2.28. The van der Waals surface area contributed by atoms with Crippen molar-refractivity contribution in [3.63, 3.8) is 0 Å². The van der Waals surface area contributed by atoms with Gasteiger partial charge in [-0.2, -0.15) is 13.2 Å². The Balaban J connectivity index is 2.33. The number of hydrogen-bond donors (Lipinski definition) is 1. The van der Waals surface area contributed by atoms with Crippen LogP contribution in [0, 0.1) is 0 Å². The normalized spacial score (nSPS) is 20.7. The van der Waals surface area contributed by atoms with Gasteiger partial charge in [0, 0.05) is 30.3 Å². The minimum Gasteiger partial charge on any atom is -0.373 e. The average Bonchev–Trinajstić information content (AvgIpc) is 2.37. The molecule has 0 saturated carbocycles. The van der Waals surface area contributed by atoms with Crippen molar-refractivity contribution in [3.8, 4) is 0 Å². The van der Waals surface area contributed by atoms with Gasteiger partial charge < -0.3 is 15.4 Å². The molecule has 106 valence electrons. The van der Waals surface area contributed by atoms with Crippen LogP contribution in [0.1, 0.15) is 5.56 Å². The summed E-state index contributed by atoms with van der Waals surface area (Å²) in [6.07, 6.45) is -3.35. The number of hydrogen-bond acceptors (Lipinski definition) is 4. The Hall–Kier alpha value is -0.860. The lowest BCUT2D eigenvalue weighted by atomic mass is 10.2. The van der Waals surface area contributed by atoms with Crippen molar-refractivity contribution in [2.75, 3.05) is 31.1 Å². The predicted octanol–water partition coefficient (Wildman–Crippen LogP) is 2.03. The van der Waals surface area contributed by atoms with E-state index in [1.165, 1.54) is 6.20 Å². The molecule has 1 aromatic heterocycles. The smallest absolute Gasteiger partial charge is 0.373 e. The molecule has 1 atom stereocenters. The third-order valence-corrected chi connectivity index (χ3v) is 3.27. The lowest BCUT2D eigenvalue weighted by Crippen LogP contribution is -2.46. The largest absolute Gasteiger partial charge is 0.419 e. The van der Waals surface area contributed by atoms with Crippen LogP contribution < -0.4 is 10.6 Å². The first-order chi connectivity index (χ1) is 8.91. The van der Waals surface area contributed by atoms with Crippen LogP contribution in [0.4, 0.5) is 19.0 Å². The molecular formula is C11H13BrF3N3O. The highest BCUT2D eigenvalue weighted by Gasteiger charge is 2.37. The Bertz CT molecular complexity index is 455. The molecule has 1 aromatic rings. The van der Waals surface area contributed by atoms with E-state index in [0.29, 0.717) is 24.2 Å². The maximum absolute atomic E-state index is 13.0. The van der Waals surface area contributed by atoms with Crippen molar-refractivity contribution in [2.45, 2.75) is 12.3 Å². The van der Waals surface area contributed by atoms with Gasteiger partial charge in [0.1, 0.15) is 5.82 Å². The zero-order chi connectivity index (χ0) is 14.0. The third-order valence-electron chi connectivity index (χ3n) is 2.84. The van der Waals surface area contributed by atoms with E-state index in [9.17, 15) is 13.2 Å². The summed E-state index contributed by atoms with van der Waals surface area (Å²) in [5.74, 6) is -0.0718. The first kappa shape index (κ1) is 14.5. The van der Waals surface area contributed by atoms with Crippen LogP contribution in [0.25, 0.3) is 0 Å². The number of alkyl halides is 3. The monoisotopic (exact) mass is 339 g/mol. The van der Waals surface area contributed by atoms with Gasteiger partial charge in [-0.3, -0.25) is 0 Å². The van der Waals surface area contributed by atoms with E-state index in [2.05, 4.69) is 20.9 Å². The van der Waals surface area contributed by atoms with E-state index in [4.69, 9.17) is 10.5 Å². The van der Waals surface area contributed by atoms with Gasteiger partial charge in [0.25, 0.3) is 0 Å². The number of morpholine rings is 1. The molecule has 0 amide bonds. The van der Waals surface area contributed by atoms with Gasteiger partial charge in [-0.05, 0) is 22.0 Å². The summed E-state index contributed by atoms with van der Waals surface area (Å²) in [7, 11) is 0. The van der Waals surface area contributed by atoms with Crippen molar-refractivity contribution in [1.82, 2.24) is 4.98 Å². The highest BCUT2D eigenvalue weighted by molar-refractivity contribution is 9.10. The molecule has 1 unspecified atom stereocenters. The average molecular weight is 340 g/mol. The fourth-order valence-electron chi connectivity index (χ4n) is 1.95. The van der Waals surface area contributed by atoms with Gasteiger partial charge >= 0.3 is 6.18 Å². The van der Waals surface area contributed by atoms with Gasteiger partial charge in [0.2, 0.25) is 0 Å². The van der Waals surface area contributed by atoms with Crippen molar-refractivity contribution in [3.05, 3.63) is 22.3 Å². The molecule has 8 heteroatoms. The summed E-state index contributed by atoms with van der Waals surface area (Å²) >= 11 is 3.01. The molecule has 0 spiro atoms. The molecule has 0 aromatic carbocycles. The third kappa shape index (κ3) is 3.37. The first-order valence-corrected chi connectivity index (χ1v) is 6.50. The molecule has 2 heterocycles. The number of aromatic nitrogens is 1. The Kier molecular flexibility index (Phi) is 4.32. The summed E-state index contributed by atoms with van der Waals surface area (Å²) in [5, 5.41) is 0. The minimum atomic E-state index is -4.44. The Morgan fingerprint density at radius 1 is 1.53 bits per heavy atom. The van der Waals surface area contributed by atoms with E-state index in [-0.39, 0.29) is 18.5 Å². The van der Waals surface area contributed by atoms with Crippen molar-refractivity contribution < 1.29 is 17.9 Å². The molecule has 1 aliphatic heterocycles. The second-order valence-corrected chi connectivity index (χ2v) is 5.11. The van der Waals surface area contributed by atoms with Gasteiger partial charge in [-0.15, -0.1) is 0 Å². The minimum absolute atomic E-state index is 0.0718. The summed E-state index contributed by atoms with van der Waals surface area (Å²) in [5.41, 5.74) is 4.74. The Morgan fingerprint density at radius 3 is 2.89 bits per heavy atom. The maximum atomic E-state index is 13.0. The molecule has 0 aliphatic carbocycles. The quantitative estimate of drug-likeness (QED) is 0.895. The highest BCUT2D eigenvalue weighted by Crippen LogP contribution is 2.37. The molecular weight excluding hydrogens is 327 g/mol. The lowest BCUT2D eigenvalue weighted by Gasteiger charge is -2.34. The van der Waals surface area contributed by atoms with E-state index >= 15 is 0 Å². The maximum Gasteiger partial charge on any atom is 0.419 e. The fraction of sp³-hybridized carbons (Fsp3) is 0.545. The molecule has 1 fully saturated rings. The molecule has 4 nitrogen and oxygen atoms in total. The van der Waals surface area contributed by atoms with Crippen LogP contribution in [0.5, 0.6) is 0 Å². The molecule has 2 N–H and O–H groups in total. The molecule has 1 saturated heterocycles. The number of nitrogens with two attached hydrogens (primary N) is 1. The Labute approximate surface area is 116 Å². The van der Waals surface area contributed by atoms with Gasteiger partial charge in [-0.1, -0.05) is 0 Å². The summed E-state index contributed by atoms with van der Waals surface area (Å²) in [6, 6.07) is 1.04. The number of anilines is 1. The van der Waals surface area contributed by atoms with E-state index in [1.54, 1.807) is 4.90 Å². The van der Waals surface area contributed by atoms with E-state index < -0.39 is 11.7 Å². The Morgan fingerprint density at radius 2 is 2.26 bits per heavy atom. The lowest BCUT2D eigenvalue weighted by molar-refractivity contribution is -0.137. The number of halogens is 4. The summed E-state index contributed by atoms with van der Waals surface area (Å²) in [4.78, 5) is 5.47. The van der Waals surface area contributed by atoms with E-state index in [1.807, 2.05) is 0 Å². The zero-order valence-corrected chi connectivity index (χ0v) is 11.5. The second kappa shape index (κ2) is 5.64. The number of pyridine rings is 1. The van der Waals surface area contributed by atoms with Crippen molar-refractivity contribution >= 4 is 21.7 Å². The molecule has 0 bridgehead atoms. The number of nitrogens with zero attached hydrogens (tertiary/aromatic N) is 2. The van der Waals surface area contributed by atoms with Crippen LogP contribution >= 0.6 is 15.9 Å². The predicted molar refractivity (Wildman–Crippen MR) is 67.9 cm³/mol. The topological polar surface area (TPSA) is 51.4 Å². The first-order valence-electron chi connectivity index (χ1n) is 5.71. The summed E-state index contributed by atoms with van der Waals surface area (Å²) in [6.45, 7) is 1.30. The second-order valence-electron chi connectivity index (χ2n) is 4.20. The van der Waals surface area contributed by atoms with Crippen LogP contribution in [0.3, 0.4) is 0 Å². The van der Waals surface area contributed by atoms with Crippen LogP contribution in [0.2, 0.25) is 0 Å². The van der Waals surface area contributed by atoms with Gasteiger partial charge in [-0.25, -0.2) is 4.98 Å². The van der Waals surface area contributed by atoms with Crippen LogP contribution in [0.15, 0.2) is 16.7 Å². The van der Waals surface area contributed by atoms with E-state index in [0.717, 1.165) is 6.07 Å². The van der Waals surface area contributed by atoms with Crippen molar-refractivity contribution in [2.24, 2.45) is 5.73 Å². The standard InChI is InChI=1S/C11H13BrF3N3O/c12-7-3-9(11(13,14)15)10(17-5-7)18-1-2-19-8(4-16)6-18/h3,5,8H,1-2,4,6,16H2. The zero-order valence-electron chi connectivity index (χ0n) is 9.95.